The molecule has 0 saturated carbocycles. The Morgan fingerprint density at radius 2 is 1.69 bits per heavy atom. The van der Waals surface area contributed by atoms with Gasteiger partial charge in [0, 0.05) is 5.70 Å². The van der Waals surface area contributed by atoms with Gasteiger partial charge < -0.3 is 16.8 Å². The van der Waals surface area contributed by atoms with E-state index in [1.807, 2.05) is 0 Å². The molecule has 0 radical (unpaired) electrons. The van der Waals surface area contributed by atoms with Crippen LogP contribution in [0.3, 0.4) is 0 Å². The monoisotopic (exact) mass is 366 g/mol. The smallest absolute Gasteiger partial charge is 0.398 e. The first-order chi connectivity index (χ1) is 12.2. The molecule has 0 aliphatic rings. The molecular weight excluding hydrogens is 352 g/mol. The van der Waals surface area contributed by atoms with Gasteiger partial charge in [0.1, 0.15) is 17.3 Å². The number of benzene rings is 1. The van der Waals surface area contributed by atoms with E-state index in [9.17, 15) is 22.4 Å². The summed E-state index contributed by atoms with van der Waals surface area (Å²) in [6.45, 7) is 0. The third-order valence-electron chi connectivity index (χ3n) is 3.21. The summed E-state index contributed by atoms with van der Waals surface area (Å²) < 4.78 is 50.3. The number of pyridine rings is 1. The summed E-state index contributed by atoms with van der Waals surface area (Å²) in [4.78, 5) is 15.4. The van der Waals surface area contributed by atoms with Crippen molar-refractivity contribution in [2.24, 2.45) is 11.5 Å². The number of nitrogens with zero attached hydrogens (tertiary/aromatic N) is 1. The van der Waals surface area contributed by atoms with Crippen LogP contribution in [-0.2, 0) is 6.18 Å². The van der Waals surface area contributed by atoms with Gasteiger partial charge in [0.2, 0.25) is 0 Å². The minimum atomic E-state index is -4.43. The van der Waals surface area contributed by atoms with Crippen molar-refractivity contribution in [1.82, 2.24) is 10.3 Å². The van der Waals surface area contributed by atoms with Crippen LogP contribution in [0.25, 0.3) is 5.70 Å². The molecule has 2 rings (SSSR count). The normalized spacial score (nSPS) is 12.8. The van der Waals surface area contributed by atoms with E-state index in [-0.39, 0.29) is 17.2 Å². The fourth-order valence-electron chi connectivity index (χ4n) is 1.87. The maximum Gasteiger partial charge on any atom is 0.416 e. The molecule has 1 aromatic heterocycles. The van der Waals surface area contributed by atoms with Crippen molar-refractivity contribution in [2.75, 3.05) is 0 Å². The number of halogens is 4. The number of carbonyl (C=O) groups is 1. The molecule has 1 heterocycles. The molecule has 5 N–H and O–H groups in total. The first-order valence-corrected chi connectivity index (χ1v) is 7.20. The van der Waals surface area contributed by atoms with Crippen LogP contribution in [0.4, 0.5) is 17.6 Å². The van der Waals surface area contributed by atoms with Crippen LogP contribution in [0.5, 0.6) is 0 Å². The number of rotatable bonds is 4. The van der Waals surface area contributed by atoms with E-state index in [0.29, 0.717) is 5.56 Å². The highest BCUT2D eigenvalue weighted by atomic mass is 19.4. The van der Waals surface area contributed by atoms with Crippen molar-refractivity contribution < 1.29 is 22.4 Å². The fourth-order valence-corrected chi connectivity index (χ4v) is 1.87. The Labute approximate surface area is 146 Å². The Balaban J connectivity index is 2.06. The van der Waals surface area contributed by atoms with Gasteiger partial charge in [0.05, 0.1) is 11.8 Å². The zero-order valence-electron chi connectivity index (χ0n) is 13.2. The Morgan fingerprint density at radius 3 is 2.23 bits per heavy atom. The summed E-state index contributed by atoms with van der Waals surface area (Å²) in [7, 11) is 0. The number of nitrogens with two attached hydrogens (primary N) is 2. The van der Waals surface area contributed by atoms with Crippen LogP contribution < -0.4 is 16.8 Å². The highest BCUT2D eigenvalue weighted by Gasteiger charge is 2.29. The van der Waals surface area contributed by atoms with Crippen molar-refractivity contribution >= 4 is 11.6 Å². The number of aromatic nitrogens is 1. The van der Waals surface area contributed by atoms with Crippen molar-refractivity contribution in [3.8, 4) is 0 Å². The lowest BCUT2D eigenvalue weighted by Gasteiger charge is -2.08. The number of amides is 1. The molecule has 136 valence electrons. The molecule has 0 aliphatic carbocycles. The first kappa shape index (κ1) is 19.0. The minimum Gasteiger partial charge on any atom is -0.398 e. The van der Waals surface area contributed by atoms with Gasteiger partial charge >= 0.3 is 6.18 Å². The fraction of sp³-hybridized carbons (Fsp3) is 0.0588. The van der Waals surface area contributed by atoms with Crippen LogP contribution >= 0.6 is 0 Å². The van der Waals surface area contributed by atoms with E-state index < -0.39 is 23.5 Å². The van der Waals surface area contributed by atoms with Crippen LogP contribution in [-0.4, -0.2) is 10.9 Å². The van der Waals surface area contributed by atoms with Gasteiger partial charge in [-0.15, -0.1) is 0 Å². The average Bonchev–Trinajstić information content (AvgIpc) is 2.59. The highest BCUT2D eigenvalue weighted by Crippen LogP contribution is 2.29. The molecule has 1 aromatic carbocycles. The van der Waals surface area contributed by atoms with E-state index in [0.717, 1.165) is 24.4 Å². The first-order valence-electron chi connectivity index (χ1n) is 7.20. The minimum absolute atomic E-state index is 0.0394. The van der Waals surface area contributed by atoms with Gasteiger partial charge in [-0.1, -0.05) is 12.1 Å². The topological polar surface area (TPSA) is 94.0 Å². The lowest BCUT2D eigenvalue weighted by Crippen LogP contribution is -2.28. The van der Waals surface area contributed by atoms with Gasteiger partial charge in [-0.3, -0.25) is 4.79 Å². The largest absolute Gasteiger partial charge is 0.416 e. The Hall–Kier alpha value is -3.36. The molecule has 0 bridgehead atoms. The van der Waals surface area contributed by atoms with E-state index in [4.69, 9.17) is 11.5 Å². The number of nitrogens with one attached hydrogen (secondary N) is 1. The maximum atomic E-state index is 12.8. The molecule has 0 aliphatic heterocycles. The summed E-state index contributed by atoms with van der Waals surface area (Å²) in [6.07, 6.45) is -0.942. The standard InChI is InChI=1S/C17H14F4N4O/c18-12-5-7-14(24-9-12)16(26)25-15(23)8-6-13(22)10-1-3-11(4-2-10)17(19,20)21/h1-9H,22-23H2,(H,25,26)/b13-6-,15-8+. The van der Waals surface area contributed by atoms with Gasteiger partial charge in [-0.2, -0.15) is 13.2 Å². The zero-order valence-corrected chi connectivity index (χ0v) is 13.2. The lowest BCUT2D eigenvalue weighted by molar-refractivity contribution is -0.137. The molecule has 9 heteroatoms. The molecule has 0 fully saturated rings. The lowest BCUT2D eigenvalue weighted by atomic mass is 10.1. The predicted octanol–water partition coefficient (Wildman–Crippen LogP) is 2.77. The molecule has 0 spiro atoms. The van der Waals surface area contributed by atoms with E-state index in [1.165, 1.54) is 30.4 Å². The molecule has 2 aromatic rings. The zero-order chi connectivity index (χ0) is 19.3. The van der Waals surface area contributed by atoms with Crippen LogP contribution in [0.15, 0.2) is 60.6 Å². The number of hydrogen-bond acceptors (Lipinski definition) is 4. The number of alkyl halides is 3. The predicted molar refractivity (Wildman–Crippen MR) is 87.5 cm³/mol. The highest BCUT2D eigenvalue weighted by molar-refractivity contribution is 5.93. The van der Waals surface area contributed by atoms with E-state index in [1.54, 1.807) is 0 Å². The molecule has 5 nitrogen and oxygen atoms in total. The molecule has 0 atom stereocenters. The Bertz CT molecular complexity index is 841. The summed E-state index contributed by atoms with van der Waals surface area (Å²) >= 11 is 0. The van der Waals surface area contributed by atoms with Crippen molar-refractivity contribution in [3.63, 3.8) is 0 Å². The second-order valence-electron chi connectivity index (χ2n) is 5.13. The van der Waals surface area contributed by atoms with Crippen LogP contribution in [0.1, 0.15) is 21.6 Å². The second kappa shape index (κ2) is 7.68. The van der Waals surface area contributed by atoms with Gasteiger partial charge in [0.15, 0.2) is 0 Å². The third-order valence-corrected chi connectivity index (χ3v) is 3.21. The summed E-state index contributed by atoms with van der Waals surface area (Å²) in [5.41, 5.74) is 11.1. The summed E-state index contributed by atoms with van der Waals surface area (Å²) in [5, 5.41) is 2.32. The summed E-state index contributed by atoms with van der Waals surface area (Å²) in [6, 6.07) is 6.52. The number of allylic oxidation sites excluding steroid dienone is 2. The quantitative estimate of drug-likeness (QED) is 0.573. The van der Waals surface area contributed by atoms with Crippen molar-refractivity contribution in [3.05, 3.63) is 83.2 Å². The van der Waals surface area contributed by atoms with Crippen molar-refractivity contribution in [1.29, 1.82) is 0 Å². The maximum absolute atomic E-state index is 12.8. The number of hydrogen-bond donors (Lipinski definition) is 3. The van der Waals surface area contributed by atoms with Gasteiger partial charge in [0.25, 0.3) is 5.91 Å². The Morgan fingerprint density at radius 1 is 1.04 bits per heavy atom. The van der Waals surface area contributed by atoms with Crippen LogP contribution in [0.2, 0.25) is 0 Å². The second-order valence-corrected chi connectivity index (χ2v) is 5.13. The molecule has 0 saturated heterocycles. The molecule has 1 amide bonds. The average molecular weight is 366 g/mol. The third kappa shape index (κ3) is 5.07. The molecule has 0 unspecified atom stereocenters. The van der Waals surface area contributed by atoms with E-state index in [2.05, 4.69) is 10.3 Å². The molecule has 26 heavy (non-hydrogen) atoms. The Kier molecular flexibility index (Phi) is 5.61. The van der Waals surface area contributed by atoms with Crippen molar-refractivity contribution in [2.45, 2.75) is 6.18 Å². The molecular formula is C17H14F4N4O. The SMILES string of the molecule is N/C(=C\C=C(/N)NC(=O)c1ccc(F)cn1)c1ccc(C(F)(F)F)cc1. The van der Waals surface area contributed by atoms with Crippen LogP contribution in [0, 0.1) is 5.82 Å². The summed E-state index contributed by atoms with van der Waals surface area (Å²) in [5.74, 6) is -1.31. The number of carbonyl (C=O) groups excluding carboxylic acids is 1. The van der Waals surface area contributed by atoms with E-state index >= 15 is 0 Å². The van der Waals surface area contributed by atoms with Gasteiger partial charge in [-0.25, -0.2) is 9.37 Å². The van der Waals surface area contributed by atoms with Gasteiger partial charge in [-0.05, 0) is 42.0 Å².